The topological polar surface area (TPSA) is 21.6 Å². The van der Waals surface area contributed by atoms with E-state index in [1.807, 2.05) is 0 Å². The van der Waals surface area contributed by atoms with Crippen LogP contribution in [-0.2, 0) is 4.84 Å². The standard InChI is InChI=1S/C3H3ClNO/c4-3-1-2-6-5-3/h2H,1H2. The minimum absolute atomic E-state index is 0.523. The Morgan fingerprint density at radius 2 is 2.83 bits per heavy atom. The van der Waals surface area contributed by atoms with Gasteiger partial charge in [0.2, 0.25) is 0 Å². The number of oxime groups is 1. The van der Waals surface area contributed by atoms with Crippen LogP contribution < -0.4 is 0 Å². The lowest BCUT2D eigenvalue weighted by molar-refractivity contribution is 0.234. The second-order valence-corrected chi connectivity index (χ2v) is 1.38. The summed E-state index contributed by atoms with van der Waals surface area (Å²) in [5, 5.41) is 3.89. The van der Waals surface area contributed by atoms with Crippen LogP contribution in [0, 0.1) is 6.61 Å². The van der Waals surface area contributed by atoms with E-state index in [9.17, 15) is 0 Å². The molecule has 0 N–H and O–H groups in total. The van der Waals surface area contributed by atoms with Gasteiger partial charge in [-0.15, -0.1) is 0 Å². The molecule has 0 saturated heterocycles. The Labute approximate surface area is 40.7 Å². The van der Waals surface area contributed by atoms with Gasteiger partial charge in [-0.25, -0.2) is 0 Å². The molecule has 0 atom stereocenters. The molecule has 0 saturated carbocycles. The Morgan fingerprint density at radius 1 is 2.00 bits per heavy atom. The van der Waals surface area contributed by atoms with Gasteiger partial charge in [0.25, 0.3) is 0 Å². The highest BCUT2D eigenvalue weighted by atomic mass is 35.5. The molecule has 6 heavy (non-hydrogen) atoms. The van der Waals surface area contributed by atoms with Crippen LogP contribution in [0.3, 0.4) is 0 Å². The van der Waals surface area contributed by atoms with Crippen molar-refractivity contribution in [1.29, 1.82) is 0 Å². The van der Waals surface area contributed by atoms with Crippen molar-refractivity contribution in [2.24, 2.45) is 5.16 Å². The summed E-state index contributed by atoms with van der Waals surface area (Å²) in [7, 11) is 0. The fraction of sp³-hybridized carbons (Fsp3) is 0.333. The largest absolute Gasteiger partial charge is 0.387 e. The van der Waals surface area contributed by atoms with Crippen molar-refractivity contribution in [2.45, 2.75) is 6.42 Å². The van der Waals surface area contributed by atoms with E-state index < -0.39 is 0 Å². The Kier molecular flexibility index (Phi) is 0.965. The van der Waals surface area contributed by atoms with E-state index in [1.165, 1.54) is 0 Å². The fourth-order valence-corrected chi connectivity index (χ4v) is 0.341. The molecule has 0 aromatic rings. The Balaban J connectivity index is 2.45. The summed E-state index contributed by atoms with van der Waals surface area (Å²) < 4.78 is 0. The summed E-state index contributed by atoms with van der Waals surface area (Å²) in [6, 6.07) is 0. The van der Waals surface area contributed by atoms with E-state index >= 15 is 0 Å². The molecule has 1 radical (unpaired) electrons. The van der Waals surface area contributed by atoms with Crippen molar-refractivity contribution < 1.29 is 4.84 Å². The van der Waals surface area contributed by atoms with Gasteiger partial charge < -0.3 is 4.84 Å². The van der Waals surface area contributed by atoms with E-state index in [0.29, 0.717) is 11.6 Å². The highest BCUT2D eigenvalue weighted by Crippen LogP contribution is 2.05. The molecule has 0 bridgehead atoms. The number of nitrogens with zero attached hydrogens (tertiary/aromatic N) is 1. The first-order valence-corrected chi connectivity index (χ1v) is 1.97. The molecule has 0 aromatic carbocycles. The maximum atomic E-state index is 5.31. The summed E-state index contributed by atoms with van der Waals surface area (Å²) >= 11 is 5.31. The van der Waals surface area contributed by atoms with Crippen LogP contribution in [0.15, 0.2) is 5.16 Å². The number of hydrogen-bond acceptors (Lipinski definition) is 2. The van der Waals surface area contributed by atoms with Crippen LogP contribution >= 0.6 is 11.6 Å². The molecule has 1 heterocycles. The minimum atomic E-state index is 0.523. The maximum absolute atomic E-state index is 5.31. The predicted octanol–water partition coefficient (Wildman–Crippen LogP) is 1.12. The molecule has 1 aliphatic rings. The lowest BCUT2D eigenvalue weighted by atomic mass is 10.5. The zero-order valence-electron chi connectivity index (χ0n) is 3.02. The molecule has 0 unspecified atom stereocenters. The molecule has 1 rings (SSSR count). The van der Waals surface area contributed by atoms with E-state index in [1.54, 1.807) is 6.61 Å². The van der Waals surface area contributed by atoms with Gasteiger partial charge in [0.05, 0.1) is 0 Å². The molecular weight excluding hydrogens is 101 g/mol. The number of hydrogen-bond donors (Lipinski definition) is 0. The van der Waals surface area contributed by atoms with Crippen LogP contribution in [0.1, 0.15) is 6.42 Å². The first-order valence-electron chi connectivity index (χ1n) is 1.59. The molecule has 1 aliphatic heterocycles. The molecular formula is C3H3ClNO. The van der Waals surface area contributed by atoms with Crippen molar-refractivity contribution in [1.82, 2.24) is 0 Å². The second kappa shape index (κ2) is 1.47. The van der Waals surface area contributed by atoms with Crippen molar-refractivity contribution >= 4 is 16.8 Å². The van der Waals surface area contributed by atoms with E-state index in [0.717, 1.165) is 0 Å². The third kappa shape index (κ3) is 0.627. The van der Waals surface area contributed by atoms with Gasteiger partial charge in [0, 0.05) is 6.42 Å². The SMILES string of the molecule is ClC1=NO[CH]C1. The lowest BCUT2D eigenvalue weighted by Crippen LogP contribution is -1.72. The van der Waals surface area contributed by atoms with Gasteiger partial charge in [-0.1, -0.05) is 16.8 Å². The van der Waals surface area contributed by atoms with Gasteiger partial charge in [-0.3, -0.25) is 0 Å². The average Bonchev–Trinajstić information content (AvgIpc) is 1.86. The molecule has 0 aromatic heterocycles. The first kappa shape index (κ1) is 3.93. The van der Waals surface area contributed by atoms with Crippen molar-refractivity contribution in [3.63, 3.8) is 0 Å². The quantitative estimate of drug-likeness (QED) is 0.451. The third-order valence-electron chi connectivity index (χ3n) is 0.478. The third-order valence-corrected chi connectivity index (χ3v) is 0.701. The zero-order chi connectivity index (χ0) is 4.41. The molecule has 2 nitrogen and oxygen atoms in total. The van der Waals surface area contributed by atoms with Crippen molar-refractivity contribution in [2.75, 3.05) is 0 Å². The first-order chi connectivity index (χ1) is 2.89. The van der Waals surface area contributed by atoms with Crippen LogP contribution in [0.2, 0.25) is 0 Å². The molecule has 0 fully saturated rings. The smallest absolute Gasteiger partial charge is 0.173 e. The highest BCUT2D eigenvalue weighted by Gasteiger charge is 2.02. The monoisotopic (exact) mass is 104 g/mol. The van der Waals surface area contributed by atoms with Crippen LogP contribution in [0.25, 0.3) is 0 Å². The lowest BCUT2D eigenvalue weighted by Gasteiger charge is -1.73. The normalized spacial score (nSPS) is 19.8. The Morgan fingerprint density at radius 3 is 3.00 bits per heavy atom. The van der Waals surface area contributed by atoms with E-state index in [2.05, 4.69) is 9.99 Å². The average molecular weight is 105 g/mol. The van der Waals surface area contributed by atoms with Gasteiger partial charge in [0.1, 0.15) is 5.17 Å². The second-order valence-electron chi connectivity index (χ2n) is 0.944. The molecule has 33 valence electrons. The van der Waals surface area contributed by atoms with Gasteiger partial charge in [0.15, 0.2) is 6.61 Å². The summed E-state index contributed by atoms with van der Waals surface area (Å²) in [6.07, 6.45) is 0.654. The maximum Gasteiger partial charge on any atom is 0.173 e. The summed E-state index contributed by atoms with van der Waals surface area (Å²) in [4.78, 5) is 4.39. The van der Waals surface area contributed by atoms with Gasteiger partial charge >= 0.3 is 0 Å². The number of rotatable bonds is 0. The number of halogens is 1. The summed E-state index contributed by atoms with van der Waals surface area (Å²) in [5.74, 6) is 0. The highest BCUT2D eigenvalue weighted by molar-refractivity contribution is 6.65. The van der Waals surface area contributed by atoms with Gasteiger partial charge in [-0.2, -0.15) is 0 Å². The summed E-state index contributed by atoms with van der Waals surface area (Å²) in [5.41, 5.74) is 0. The van der Waals surface area contributed by atoms with E-state index in [-0.39, 0.29) is 0 Å². The molecule has 0 spiro atoms. The van der Waals surface area contributed by atoms with Gasteiger partial charge in [-0.05, 0) is 0 Å². The molecule has 3 heteroatoms. The van der Waals surface area contributed by atoms with Crippen LogP contribution in [0.4, 0.5) is 0 Å². The van der Waals surface area contributed by atoms with Crippen LogP contribution in [0.5, 0.6) is 0 Å². The fourth-order valence-electron chi connectivity index (χ4n) is 0.238. The zero-order valence-corrected chi connectivity index (χ0v) is 3.77. The van der Waals surface area contributed by atoms with Crippen molar-refractivity contribution in [3.8, 4) is 0 Å². The predicted molar refractivity (Wildman–Crippen MR) is 23.3 cm³/mol. The molecule has 0 amide bonds. The summed E-state index contributed by atoms with van der Waals surface area (Å²) in [6.45, 7) is 1.54. The van der Waals surface area contributed by atoms with Crippen molar-refractivity contribution in [3.05, 3.63) is 6.61 Å². The Hall–Kier alpha value is -0.240. The minimum Gasteiger partial charge on any atom is -0.387 e. The van der Waals surface area contributed by atoms with E-state index in [4.69, 9.17) is 11.6 Å². The van der Waals surface area contributed by atoms with Crippen LogP contribution in [-0.4, -0.2) is 5.17 Å². The molecule has 0 aliphatic carbocycles. The Bertz CT molecular complexity index is 80.9.